The molecule has 1 fully saturated rings. The highest BCUT2D eigenvalue weighted by molar-refractivity contribution is 7.09. The molecule has 1 aromatic heterocycles. The lowest BCUT2D eigenvalue weighted by Crippen LogP contribution is -2.44. The average Bonchev–Trinajstić information content (AvgIpc) is 2.89. The molecule has 4 heteroatoms. The number of hydrogen-bond donors (Lipinski definition) is 2. The summed E-state index contributed by atoms with van der Waals surface area (Å²) in [7, 11) is 0. The second-order valence-electron chi connectivity index (χ2n) is 5.82. The third-order valence-electron chi connectivity index (χ3n) is 4.42. The smallest absolute Gasteiger partial charge is 0.0940 e. The van der Waals surface area contributed by atoms with Crippen LogP contribution in [-0.4, -0.2) is 11.0 Å². The molecule has 1 unspecified atom stereocenters. The molecule has 1 saturated carbocycles. The molecule has 1 heterocycles. The van der Waals surface area contributed by atoms with Gasteiger partial charge in [0.25, 0.3) is 0 Å². The Kier molecular flexibility index (Phi) is 5.15. The summed E-state index contributed by atoms with van der Waals surface area (Å²) in [6, 6.07) is 0.393. The van der Waals surface area contributed by atoms with E-state index in [1.165, 1.54) is 30.7 Å². The monoisotopic (exact) mass is 267 g/mol. The standard InChI is InChI=1S/C14H25N3S/c1-10(2)11-3-5-12(6-4-11)13(17-15)9-14-16-7-8-18-14/h7-8,10-13,17H,3-6,9,15H2,1-2H3. The zero-order valence-corrected chi connectivity index (χ0v) is 12.2. The van der Waals surface area contributed by atoms with Crippen LogP contribution in [0.25, 0.3) is 0 Å². The Hall–Kier alpha value is -0.450. The fourth-order valence-electron chi connectivity index (χ4n) is 3.12. The summed E-state index contributed by atoms with van der Waals surface area (Å²) in [5.41, 5.74) is 3.02. The number of nitrogens with zero attached hydrogens (tertiary/aromatic N) is 1. The normalized spacial score (nSPS) is 26.4. The number of hydrogen-bond acceptors (Lipinski definition) is 4. The van der Waals surface area contributed by atoms with Crippen molar-refractivity contribution in [2.24, 2.45) is 23.6 Å². The second kappa shape index (κ2) is 6.64. The van der Waals surface area contributed by atoms with Crippen molar-refractivity contribution >= 4 is 11.3 Å². The maximum Gasteiger partial charge on any atom is 0.0940 e. The molecule has 0 spiro atoms. The maximum absolute atomic E-state index is 5.74. The van der Waals surface area contributed by atoms with Crippen LogP contribution >= 0.6 is 11.3 Å². The van der Waals surface area contributed by atoms with E-state index in [9.17, 15) is 0 Å². The lowest BCUT2D eigenvalue weighted by atomic mass is 9.74. The van der Waals surface area contributed by atoms with E-state index in [2.05, 4.69) is 24.3 Å². The molecule has 0 amide bonds. The Morgan fingerprint density at radius 3 is 2.50 bits per heavy atom. The predicted octanol–water partition coefficient (Wildman–Crippen LogP) is 2.98. The van der Waals surface area contributed by atoms with Crippen LogP contribution in [0.2, 0.25) is 0 Å². The lowest BCUT2D eigenvalue weighted by molar-refractivity contribution is 0.188. The van der Waals surface area contributed by atoms with Crippen molar-refractivity contribution in [3.8, 4) is 0 Å². The van der Waals surface area contributed by atoms with Crippen LogP contribution < -0.4 is 11.3 Å². The molecule has 3 N–H and O–H groups in total. The predicted molar refractivity (Wildman–Crippen MR) is 77.2 cm³/mol. The Labute approximate surface area is 114 Å². The molecule has 1 aliphatic rings. The molecule has 102 valence electrons. The van der Waals surface area contributed by atoms with Crippen molar-refractivity contribution in [3.63, 3.8) is 0 Å². The van der Waals surface area contributed by atoms with E-state index in [0.29, 0.717) is 12.0 Å². The van der Waals surface area contributed by atoms with Crippen molar-refractivity contribution in [2.75, 3.05) is 0 Å². The summed E-state index contributed by atoms with van der Waals surface area (Å²) in [6.07, 6.45) is 8.19. The molecule has 2 rings (SSSR count). The molecule has 0 saturated heterocycles. The van der Waals surface area contributed by atoms with Gasteiger partial charge in [0, 0.05) is 24.0 Å². The molecule has 18 heavy (non-hydrogen) atoms. The summed E-state index contributed by atoms with van der Waals surface area (Å²) in [6.45, 7) is 4.69. The summed E-state index contributed by atoms with van der Waals surface area (Å²) in [4.78, 5) is 4.36. The van der Waals surface area contributed by atoms with Gasteiger partial charge < -0.3 is 0 Å². The van der Waals surface area contributed by atoms with Crippen LogP contribution in [0, 0.1) is 17.8 Å². The first-order valence-electron chi connectivity index (χ1n) is 7.05. The summed E-state index contributed by atoms with van der Waals surface area (Å²) >= 11 is 1.73. The van der Waals surface area contributed by atoms with Crippen molar-refractivity contribution in [3.05, 3.63) is 16.6 Å². The molecular formula is C14H25N3S. The summed E-state index contributed by atoms with van der Waals surface area (Å²) in [5, 5.41) is 3.24. The third kappa shape index (κ3) is 3.53. The van der Waals surface area contributed by atoms with E-state index < -0.39 is 0 Å². The first-order valence-corrected chi connectivity index (χ1v) is 7.93. The van der Waals surface area contributed by atoms with Gasteiger partial charge in [-0.05, 0) is 43.4 Å². The Morgan fingerprint density at radius 2 is 2.00 bits per heavy atom. The Balaban J connectivity index is 1.86. The van der Waals surface area contributed by atoms with E-state index in [0.717, 1.165) is 18.3 Å². The third-order valence-corrected chi connectivity index (χ3v) is 5.22. The minimum atomic E-state index is 0.393. The van der Waals surface area contributed by atoms with Gasteiger partial charge in [-0.3, -0.25) is 11.3 Å². The fraction of sp³-hybridized carbons (Fsp3) is 0.786. The average molecular weight is 267 g/mol. The molecule has 1 atom stereocenters. The zero-order valence-electron chi connectivity index (χ0n) is 11.4. The van der Waals surface area contributed by atoms with Gasteiger partial charge in [0.05, 0.1) is 5.01 Å². The number of nitrogens with one attached hydrogen (secondary N) is 1. The Bertz CT molecular complexity index is 329. The minimum absolute atomic E-state index is 0.393. The highest BCUT2D eigenvalue weighted by Crippen LogP contribution is 2.35. The van der Waals surface area contributed by atoms with Gasteiger partial charge >= 0.3 is 0 Å². The second-order valence-corrected chi connectivity index (χ2v) is 6.80. The van der Waals surface area contributed by atoms with Gasteiger partial charge in [0.15, 0.2) is 0 Å². The van der Waals surface area contributed by atoms with Crippen LogP contribution in [0.1, 0.15) is 44.5 Å². The first-order chi connectivity index (χ1) is 8.70. The topological polar surface area (TPSA) is 50.9 Å². The van der Waals surface area contributed by atoms with Crippen LogP contribution in [0.15, 0.2) is 11.6 Å². The van der Waals surface area contributed by atoms with Crippen molar-refractivity contribution in [1.29, 1.82) is 0 Å². The van der Waals surface area contributed by atoms with E-state index in [-0.39, 0.29) is 0 Å². The van der Waals surface area contributed by atoms with Gasteiger partial charge in [-0.15, -0.1) is 11.3 Å². The van der Waals surface area contributed by atoms with E-state index in [4.69, 9.17) is 5.84 Å². The molecule has 1 aliphatic carbocycles. The highest BCUT2D eigenvalue weighted by Gasteiger charge is 2.28. The van der Waals surface area contributed by atoms with Gasteiger partial charge in [-0.1, -0.05) is 13.8 Å². The molecule has 0 aliphatic heterocycles. The van der Waals surface area contributed by atoms with Crippen LogP contribution in [-0.2, 0) is 6.42 Å². The minimum Gasteiger partial charge on any atom is -0.271 e. The van der Waals surface area contributed by atoms with E-state index in [1.807, 2.05) is 11.6 Å². The van der Waals surface area contributed by atoms with Gasteiger partial charge in [0.1, 0.15) is 0 Å². The largest absolute Gasteiger partial charge is 0.271 e. The summed E-state index contributed by atoms with van der Waals surface area (Å²) in [5.74, 6) is 8.20. The van der Waals surface area contributed by atoms with Crippen molar-refractivity contribution < 1.29 is 0 Å². The van der Waals surface area contributed by atoms with Gasteiger partial charge in [0.2, 0.25) is 0 Å². The number of rotatable bonds is 5. The fourth-order valence-corrected chi connectivity index (χ4v) is 3.79. The molecule has 0 aromatic carbocycles. The maximum atomic E-state index is 5.74. The van der Waals surface area contributed by atoms with Crippen LogP contribution in [0.5, 0.6) is 0 Å². The molecule has 0 radical (unpaired) electrons. The number of thiazole rings is 1. The number of nitrogens with two attached hydrogens (primary N) is 1. The van der Waals surface area contributed by atoms with Crippen molar-refractivity contribution in [1.82, 2.24) is 10.4 Å². The lowest BCUT2D eigenvalue weighted by Gasteiger charge is -2.34. The van der Waals surface area contributed by atoms with E-state index >= 15 is 0 Å². The van der Waals surface area contributed by atoms with Gasteiger partial charge in [-0.25, -0.2) is 4.98 Å². The Morgan fingerprint density at radius 1 is 1.33 bits per heavy atom. The SMILES string of the molecule is CC(C)C1CCC(C(Cc2nccs2)NN)CC1. The summed E-state index contributed by atoms with van der Waals surface area (Å²) < 4.78 is 0. The molecule has 3 nitrogen and oxygen atoms in total. The zero-order chi connectivity index (χ0) is 13.0. The van der Waals surface area contributed by atoms with Crippen LogP contribution in [0.3, 0.4) is 0 Å². The highest BCUT2D eigenvalue weighted by atomic mass is 32.1. The molecule has 1 aromatic rings. The first kappa shape index (κ1) is 14.0. The molecule has 0 bridgehead atoms. The number of hydrazine groups is 1. The van der Waals surface area contributed by atoms with Crippen molar-refractivity contribution in [2.45, 2.75) is 52.0 Å². The van der Waals surface area contributed by atoms with Crippen LogP contribution in [0.4, 0.5) is 0 Å². The number of aromatic nitrogens is 1. The quantitative estimate of drug-likeness (QED) is 0.637. The van der Waals surface area contributed by atoms with E-state index in [1.54, 1.807) is 11.3 Å². The molecular weight excluding hydrogens is 242 g/mol. The van der Waals surface area contributed by atoms with Gasteiger partial charge in [-0.2, -0.15) is 0 Å².